The molecule has 0 bridgehead atoms. The molecule has 0 saturated heterocycles. The van der Waals surface area contributed by atoms with Crippen molar-refractivity contribution in [3.05, 3.63) is 0 Å². The first kappa shape index (κ1) is 12.6. The van der Waals surface area contributed by atoms with E-state index in [1.165, 1.54) is 32.1 Å². The summed E-state index contributed by atoms with van der Waals surface area (Å²) in [4.78, 5) is 14.2. The molecule has 1 saturated carbocycles. The molecule has 0 aliphatic heterocycles. The van der Waals surface area contributed by atoms with E-state index >= 15 is 0 Å². The maximum Gasteiger partial charge on any atom is 0.692 e. The third kappa shape index (κ3) is 15.7. The minimum Gasteiger partial charge on any atom is -0.344 e. The van der Waals surface area contributed by atoms with E-state index in [2.05, 4.69) is 0 Å². The van der Waals surface area contributed by atoms with E-state index in [0.717, 1.165) is 0 Å². The molecule has 1 aliphatic rings. The Balaban J connectivity index is 0. The molecule has 62 valence electrons. The first-order chi connectivity index (χ1) is 4.23. The zero-order valence-corrected chi connectivity index (χ0v) is 6.89. The van der Waals surface area contributed by atoms with Gasteiger partial charge in [-0.3, -0.25) is 0 Å². The van der Waals surface area contributed by atoms with Gasteiger partial charge in [-0.25, -0.2) is 0 Å². The highest BCUT2D eigenvalue weighted by atomic mass is 31.1. The van der Waals surface area contributed by atoms with Crippen LogP contribution in [0.3, 0.4) is 0 Å². The molecule has 0 heterocycles. The first-order valence-electron chi connectivity index (χ1n) is 3.08. The normalized spacial score (nSPS) is 14.6. The van der Waals surface area contributed by atoms with E-state index in [0.29, 0.717) is 0 Å². The second-order valence-electron chi connectivity index (χ2n) is 2.02. The minimum atomic E-state index is -2.87. The van der Waals surface area contributed by atoms with Crippen LogP contribution in [0.15, 0.2) is 0 Å². The Bertz CT molecular complexity index is 73.4. The highest BCUT2D eigenvalue weighted by molar-refractivity contribution is 7.30. The molecule has 0 unspecified atom stereocenters. The number of hydrogen-bond donors (Lipinski definition) is 3. The van der Waals surface area contributed by atoms with Gasteiger partial charge in [-0.05, 0) is 0 Å². The maximum absolute atomic E-state index is 8.70. The van der Waals surface area contributed by atoms with E-state index in [-0.39, 0.29) is 6.15 Å². The van der Waals surface area contributed by atoms with E-state index in [1.807, 2.05) is 0 Å². The van der Waals surface area contributed by atoms with Crippen molar-refractivity contribution in [3.8, 4) is 0 Å². The molecule has 4 nitrogen and oxygen atoms in total. The van der Waals surface area contributed by atoms with Gasteiger partial charge in [0.1, 0.15) is 0 Å². The van der Waals surface area contributed by atoms with Crippen LogP contribution in [0, 0.1) is 0 Å². The standard InChI is InChI=1S/C5H10.H3N.HO3P/c1-2-4-5-3-1;;1-4(2)3/h1-5H2;1H3;(H-,1,2,3)/p+1. The van der Waals surface area contributed by atoms with Gasteiger partial charge >= 0.3 is 8.25 Å². The maximum atomic E-state index is 8.70. The van der Waals surface area contributed by atoms with Gasteiger partial charge in [0.05, 0.1) is 0 Å². The summed E-state index contributed by atoms with van der Waals surface area (Å²) in [6.07, 6.45) is 7.50. The highest BCUT2D eigenvalue weighted by Gasteiger charge is 1.95. The minimum absolute atomic E-state index is 0. The predicted molar refractivity (Wildman–Crippen MR) is 40.2 cm³/mol. The van der Waals surface area contributed by atoms with Crippen LogP contribution in [0.1, 0.15) is 32.1 Å². The van der Waals surface area contributed by atoms with E-state index in [1.54, 1.807) is 0 Å². The Kier molecular flexibility index (Phi) is 11.3. The van der Waals surface area contributed by atoms with E-state index in [9.17, 15) is 0 Å². The van der Waals surface area contributed by atoms with Gasteiger partial charge < -0.3 is 6.15 Å². The highest BCUT2D eigenvalue weighted by Crippen LogP contribution is 2.15. The third-order valence-corrected chi connectivity index (χ3v) is 1.25. The van der Waals surface area contributed by atoms with Crippen molar-refractivity contribution in [2.45, 2.75) is 32.1 Å². The predicted octanol–water partition coefficient (Wildman–Crippen LogP) is 1.74. The van der Waals surface area contributed by atoms with Gasteiger partial charge in [-0.15, -0.1) is 9.79 Å². The van der Waals surface area contributed by atoms with Crippen molar-refractivity contribution in [3.63, 3.8) is 0 Å². The molecule has 0 amide bonds. The monoisotopic (exact) mass is 168 g/mol. The van der Waals surface area contributed by atoms with Gasteiger partial charge in [0.2, 0.25) is 0 Å². The summed E-state index contributed by atoms with van der Waals surface area (Å²) >= 11 is 0. The van der Waals surface area contributed by atoms with Gasteiger partial charge in [-0.2, -0.15) is 0 Å². The fraction of sp³-hybridized carbons (Fsp3) is 1.00. The molecular formula is C5H15NO3P+. The summed E-state index contributed by atoms with van der Waals surface area (Å²) < 4.78 is 8.70. The molecule has 5 heteroatoms. The van der Waals surface area contributed by atoms with Crippen LogP contribution in [-0.4, -0.2) is 9.79 Å². The van der Waals surface area contributed by atoms with Crippen molar-refractivity contribution in [2.24, 2.45) is 0 Å². The van der Waals surface area contributed by atoms with Gasteiger partial charge in [0.25, 0.3) is 0 Å². The Hall–Kier alpha value is -0.0200. The molecule has 1 aliphatic carbocycles. The van der Waals surface area contributed by atoms with Crippen LogP contribution in [0.25, 0.3) is 0 Å². The lowest BCUT2D eigenvalue weighted by molar-refractivity contribution is 0.405. The summed E-state index contributed by atoms with van der Waals surface area (Å²) in [7, 11) is -2.87. The van der Waals surface area contributed by atoms with Gasteiger partial charge in [0, 0.05) is 4.57 Å². The average Bonchev–Trinajstić information content (AvgIpc) is 2.11. The fourth-order valence-corrected chi connectivity index (χ4v) is 0.884. The lowest BCUT2D eigenvalue weighted by atomic mass is 10.4. The first-order valence-corrected chi connectivity index (χ1v) is 4.25. The summed E-state index contributed by atoms with van der Waals surface area (Å²) in [5.74, 6) is 0. The summed E-state index contributed by atoms with van der Waals surface area (Å²) in [5.41, 5.74) is 0. The zero-order chi connectivity index (χ0) is 7.11. The molecule has 0 radical (unpaired) electrons. The van der Waals surface area contributed by atoms with Gasteiger partial charge in [0.15, 0.2) is 0 Å². The molecule has 10 heavy (non-hydrogen) atoms. The fourth-order valence-electron chi connectivity index (χ4n) is 0.884. The third-order valence-electron chi connectivity index (χ3n) is 1.25. The topological polar surface area (TPSA) is 92.5 Å². The van der Waals surface area contributed by atoms with E-state index < -0.39 is 8.25 Å². The SMILES string of the molecule is C1CCCC1.N.O=[P+](O)O. The quantitative estimate of drug-likeness (QED) is 0.480. The molecule has 0 aromatic rings. The second-order valence-corrected chi connectivity index (χ2v) is 2.53. The Morgan fingerprint density at radius 3 is 1.10 bits per heavy atom. The largest absolute Gasteiger partial charge is 0.692 e. The average molecular weight is 168 g/mol. The number of hydrogen-bond acceptors (Lipinski definition) is 2. The Morgan fingerprint density at radius 2 is 1.00 bits per heavy atom. The van der Waals surface area contributed by atoms with Crippen LogP contribution in [0.4, 0.5) is 0 Å². The summed E-state index contributed by atoms with van der Waals surface area (Å²) in [6.45, 7) is 0. The lowest BCUT2D eigenvalue weighted by Gasteiger charge is -1.67. The van der Waals surface area contributed by atoms with Crippen molar-refractivity contribution in [2.75, 3.05) is 0 Å². The van der Waals surface area contributed by atoms with Crippen LogP contribution < -0.4 is 6.15 Å². The Labute approximate surface area is 61.8 Å². The zero-order valence-electron chi connectivity index (χ0n) is 5.99. The van der Waals surface area contributed by atoms with Crippen molar-refractivity contribution < 1.29 is 14.4 Å². The van der Waals surface area contributed by atoms with Crippen molar-refractivity contribution in [1.82, 2.24) is 6.15 Å². The van der Waals surface area contributed by atoms with Crippen LogP contribution >= 0.6 is 8.25 Å². The molecule has 0 atom stereocenters. The van der Waals surface area contributed by atoms with Crippen LogP contribution in [0.5, 0.6) is 0 Å². The number of rotatable bonds is 0. The van der Waals surface area contributed by atoms with E-state index in [4.69, 9.17) is 14.4 Å². The van der Waals surface area contributed by atoms with Crippen molar-refractivity contribution >= 4 is 8.25 Å². The molecular weight excluding hydrogens is 153 g/mol. The molecule has 0 aromatic heterocycles. The lowest BCUT2D eigenvalue weighted by Crippen LogP contribution is -1.47. The molecule has 5 N–H and O–H groups in total. The van der Waals surface area contributed by atoms with Gasteiger partial charge in [-0.1, -0.05) is 32.1 Å². The molecule has 1 rings (SSSR count). The molecule has 0 spiro atoms. The summed E-state index contributed by atoms with van der Waals surface area (Å²) in [6, 6.07) is 0. The smallest absolute Gasteiger partial charge is 0.344 e. The van der Waals surface area contributed by atoms with Crippen molar-refractivity contribution in [1.29, 1.82) is 0 Å². The van der Waals surface area contributed by atoms with Crippen LogP contribution in [0.2, 0.25) is 0 Å². The molecule has 0 aromatic carbocycles. The molecule has 1 fully saturated rings. The Morgan fingerprint density at radius 1 is 0.900 bits per heavy atom. The second kappa shape index (κ2) is 8.98. The van der Waals surface area contributed by atoms with Crippen LogP contribution in [-0.2, 0) is 4.57 Å². The summed E-state index contributed by atoms with van der Waals surface area (Å²) in [5, 5.41) is 0.